The monoisotopic (exact) mass is 351 g/mol. The lowest BCUT2D eigenvalue weighted by atomic mass is 9.75. The molecule has 0 aliphatic heterocycles. The Morgan fingerprint density at radius 2 is 1.52 bits per heavy atom. The van der Waals surface area contributed by atoms with Crippen molar-refractivity contribution in [1.82, 2.24) is 0 Å². The van der Waals surface area contributed by atoms with Crippen LogP contribution in [0.1, 0.15) is 27.8 Å². The third-order valence-corrected chi connectivity index (χ3v) is 6.19. The van der Waals surface area contributed by atoms with Crippen LogP contribution in [0.15, 0.2) is 72.8 Å². The van der Waals surface area contributed by atoms with E-state index in [0.29, 0.717) is 12.5 Å². The minimum absolute atomic E-state index is 0.530. The van der Waals surface area contributed by atoms with E-state index in [1.54, 1.807) is 11.1 Å². The van der Waals surface area contributed by atoms with Gasteiger partial charge < -0.3 is 5.73 Å². The maximum atomic E-state index is 6.16. The van der Waals surface area contributed by atoms with Crippen LogP contribution in [0.25, 0.3) is 16.7 Å². The molecule has 0 fully saturated rings. The molecule has 3 aromatic rings. The summed E-state index contributed by atoms with van der Waals surface area (Å²) in [4.78, 5) is 0. The number of aryl methyl sites for hydroxylation is 1. The molecule has 1 heteroatoms. The first kappa shape index (κ1) is 16.5. The average molecular weight is 351 g/mol. The number of rotatable bonds is 3. The van der Waals surface area contributed by atoms with Crippen LogP contribution < -0.4 is 5.73 Å². The van der Waals surface area contributed by atoms with Crippen LogP contribution in [-0.2, 0) is 25.7 Å². The predicted molar refractivity (Wildman–Crippen MR) is 114 cm³/mol. The quantitative estimate of drug-likeness (QED) is 0.689. The lowest BCUT2D eigenvalue weighted by Crippen LogP contribution is -2.20. The molecule has 134 valence electrons. The molecule has 0 saturated heterocycles. The number of allylic oxidation sites excluding steroid dienone is 1. The van der Waals surface area contributed by atoms with E-state index in [1.165, 1.54) is 33.4 Å². The molecule has 5 rings (SSSR count). The summed E-state index contributed by atoms with van der Waals surface area (Å²) in [6.07, 6.45) is 6.93. The number of hydrogen-bond donors (Lipinski definition) is 1. The molecular formula is C26H25N. The largest absolute Gasteiger partial charge is 0.326 e. The van der Waals surface area contributed by atoms with E-state index >= 15 is 0 Å². The zero-order valence-corrected chi connectivity index (χ0v) is 15.6. The van der Waals surface area contributed by atoms with E-state index in [0.717, 1.165) is 25.7 Å². The average Bonchev–Trinajstić information content (AvgIpc) is 2.73. The van der Waals surface area contributed by atoms with Gasteiger partial charge in [0.2, 0.25) is 0 Å². The van der Waals surface area contributed by atoms with Crippen LogP contribution in [0.4, 0.5) is 0 Å². The Kier molecular flexibility index (Phi) is 4.18. The van der Waals surface area contributed by atoms with Gasteiger partial charge in [-0.3, -0.25) is 0 Å². The van der Waals surface area contributed by atoms with E-state index in [9.17, 15) is 0 Å². The summed E-state index contributed by atoms with van der Waals surface area (Å²) in [5, 5.41) is 0. The van der Waals surface area contributed by atoms with E-state index in [2.05, 4.69) is 72.8 Å². The first-order valence-electron chi connectivity index (χ1n) is 10.0. The smallest absolute Gasteiger partial charge is 0.0181 e. The van der Waals surface area contributed by atoms with Crippen molar-refractivity contribution in [3.8, 4) is 11.1 Å². The summed E-state index contributed by atoms with van der Waals surface area (Å²) in [6, 6.07) is 24.4. The van der Waals surface area contributed by atoms with Crippen LogP contribution in [0, 0.1) is 5.92 Å². The second-order valence-corrected chi connectivity index (χ2v) is 7.82. The van der Waals surface area contributed by atoms with Crippen molar-refractivity contribution in [2.75, 3.05) is 6.54 Å². The van der Waals surface area contributed by atoms with Crippen molar-refractivity contribution in [3.63, 3.8) is 0 Å². The molecule has 1 nitrogen and oxygen atoms in total. The minimum Gasteiger partial charge on any atom is -0.326 e. The standard InChI is InChI=1S/C26H25N/c27-17-21-15-19(14-18-6-2-1-3-7-18)16-26-23(21)12-13-24-22-9-5-4-8-20(22)10-11-25(24)26/h1-9,12-13,15,19H,10-11,14,16-17,27H2. The van der Waals surface area contributed by atoms with E-state index in [4.69, 9.17) is 5.73 Å². The highest BCUT2D eigenvalue weighted by Crippen LogP contribution is 2.41. The molecular weight excluding hydrogens is 326 g/mol. The number of benzene rings is 3. The molecule has 27 heavy (non-hydrogen) atoms. The highest BCUT2D eigenvalue weighted by Gasteiger charge is 2.26. The van der Waals surface area contributed by atoms with E-state index in [1.807, 2.05) is 0 Å². The molecule has 0 bridgehead atoms. The van der Waals surface area contributed by atoms with Crippen LogP contribution in [0.2, 0.25) is 0 Å². The lowest BCUT2D eigenvalue weighted by molar-refractivity contribution is 0.630. The van der Waals surface area contributed by atoms with Gasteiger partial charge in [-0.05, 0) is 76.1 Å². The second-order valence-electron chi connectivity index (χ2n) is 7.82. The fourth-order valence-electron chi connectivity index (χ4n) is 4.95. The third-order valence-electron chi connectivity index (χ3n) is 6.19. The normalized spacial score (nSPS) is 17.5. The van der Waals surface area contributed by atoms with Gasteiger partial charge in [-0.1, -0.05) is 72.8 Å². The molecule has 0 amide bonds. The minimum atomic E-state index is 0.530. The Hall–Kier alpha value is -2.64. The molecule has 2 N–H and O–H groups in total. The third kappa shape index (κ3) is 2.93. The topological polar surface area (TPSA) is 26.0 Å². The van der Waals surface area contributed by atoms with Crippen LogP contribution in [0.5, 0.6) is 0 Å². The molecule has 0 heterocycles. The zero-order valence-electron chi connectivity index (χ0n) is 15.6. The first-order chi connectivity index (χ1) is 13.3. The fraction of sp³-hybridized carbons (Fsp3) is 0.231. The molecule has 0 aromatic heterocycles. The Bertz CT molecular complexity index is 1010. The molecule has 1 unspecified atom stereocenters. The van der Waals surface area contributed by atoms with Crippen molar-refractivity contribution in [3.05, 3.63) is 101 Å². The van der Waals surface area contributed by atoms with Crippen LogP contribution >= 0.6 is 0 Å². The van der Waals surface area contributed by atoms with Gasteiger partial charge in [0.25, 0.3) is 0 Å². The van der Waals surface area contributed by atoms with Crippen LogP contribution in [-0.4, -0.2) is 6.54 Å². The first-order valence-corrected chi connectivity index (χ1v) is 10.0. The summed E-state index contributed by atoms with van der Waals surface area (Å²) in [5.41, 5.74) is 17.7. The Morgan fingerprint density at radius 3 is 2.37 bits per heavy atom. The van der Waals surface area contributed by atoms with Crippen molar-refractivity contribution in [2.24, 2.45) is 11.7 Å². The summed E-state index contributed by atoms with van der Waals surface area (Å²) >= 11 is 0. The molecule has 2 aliphatic rings. The summed E-state index contributed by atoms with van der Waals surface area (Å²) < 4.78 is 0. The van der Waals surface area contributed by atoms with Crippen LogP contribution in [0.3, 0.4) is 0 Å². The Balaban J connectivity index is 1.57. The second kappa shape index (κ2) is 6.83. The molecule has 3 aromatic carbocycles. The van der Waals surface area contributed by atoms with Crippen molar-refractivity contribution in [1.29, 1.82) is 0 Å². The van der Waals surface area contributed by atoms with Gasteiger partial charge in [0.1, 0.15) is 0 Å². The lowest BCUT2D eigenvalue weighted by Gasteiger charge is -2.30. The van der Waals surface area contributed by atoms with E-state index in [-0.39, 0.29) is 0 Å². The zero-order chi connectivity index (χ0) is 18.2. The fourth-order valence-corrected chi connectivity index (χ4v) is 4.95. The Labute approximate surface area is 161 Å². The number of hydrogen-bond acceptors (Lipinski definition) is 1. The molecule has 0 spiro atoms. The van der Waals surface area contributed by atoms with Crippen molar-refractivity contribution >= 4 is 5.57 Å². The molecule has 1 atom stereocenters. The maximum absolute atomic E-state index is 6.16. The van der Waals surface area contributed by atoms with Crippen molar-refractivity contribution < 1.29 is 0 Å². The highest BCUT2D eigenvalue weighted by molar-refractivity contribution is 5.81. The summed E-state index contributed by atoms with van der Waals surface area (Å²) in [7, 11) is 0. The van der Waals surface area contributed by atoms with Gasteiger partial charge in [-0.15, -0.1) is 0 Å². The SMILES string of the molecule is NCC1=CC(Cc2ccccc2)Cc2c1ccc1c2CCc2ccccc2-1. The van der Waals surface area contributed by atoms with Gasteiger partial charge in [0, 0.05) is 6.54 Å². The number of nitrogens with two attached hydrogens (primary N) is 1. The van der Waals surface area contributed by atoms with Gasteiger partial charge in [0.15, 0.2) is 0 Å². The molecule has 2 aliphatic carbocycles. The molecule has 0 saturated carbocycles. The number of fused-ring (bicyclic) bond motifs is 5. The van der Waals surface area contributed by atoms with E-state index < -0.39 is 0 Å². The molecule has 0 radical (unpaired) electrons. The summed E-state index contributed by atoms with van der Waals surface area (Å²) in [6.45, 7) is 0.619. The highest BCUT2D eigenvalue weighted by atomic mass is 14.5. The maximum Gasteiger partial charge on any atom is 0.0181 e. The van der Waals surface area contributed by atoms with Gasteiger partial charge in [-0.2, -0.15) is 0 Å². The Morgan fingerprint density at radius 1 is 0.741 bits per heavy atom. The summed E-state index contributed by atoms with van der Waals surface area (Å²) in [5.74, 6) is 0.530. The van der Waals surface area contributed by atoms with Gasteiger partial charge in [-0.25, -0.2) is 0 Å². The predicted octanol–water partition coefficient (Wildman–Crippen LogP) is 5.21. The van der Waals surface area contributed by atoms with Gasteiger partial charge >= 0.3 is 0 Å². The van der Waals surface area contributed by atoms with Crippen molar-refractivity contribution in [2.45, 2.75) is 25.7 Å². The van der Waals surface area contributed by atoms with Gasteiger partial charge in [0.05, 0.1) is 0 Å².